The number of carbonyl (C=O) groups is 1. The lowest BCUT2D eigenvalue weighted by Gasteiger charge is -2.32. The molecule has 1 aromatic heterocycles. The van der Waals surface area contributed by atoms with Crippen molar-refractivity contribution in [2.45, 2.75) is 31.6 Å². The number of halogens is 3. The Labute approximate surface area is 207 Å². The first-order valence-electron chi connectivity index (χ1n) is 12.0. The highest BCUT2D eigenvalue weighted by atomic mass is 19.4. The summed E-state index contributed by atoms with van der Waals surface area (Å²) in [4.78, 5) is 20.0. The molecule has 184 valence electrons. The Balaban J connectivity index is 1.22. The Morgan fingerprint density at radius 2 is 1.61 bits per heavy atom. The van der Waals surface area contributed by atoms with Gasteiger partial charge in [0, 0.05) is 42.8 Å². The first kappa shape index (κ1) is 24.0. The second-order valence-corrected chi connectivity index (χ2v) is 9.13. The van der Waals surface area contributed by atoms with Crippen LogP contribution in [0.25, 0.3) is 22.0 Å². The van der Waals surface area contributed by atoms with E-state index in [1.165, 1.54) is 17.7 Å². The van der Waals surface area contributed by atoms with Crippen molar-refractivity contribution >= 4 is 16.8 Å². The van der Waals surface area contributed by atoms with Crippen molar-refractivity contribution in [1.29, 1.82) is 0 Å². The number of nitrogens with one attached hydrogen (secondary N) is 1. The molecule has 7 heteroatoms. The minimum atomic E-state index is -4.39. The molecule has 0 saturated carbocycles. The second-order valence-electron chi connectivity index (χ2n) is 9.13. The average molecular weight is 490 g/mol. The number of hydrogen-bond acceptors (Lipinski definition) is 3. The Kier molecular flexibility index (Phi) is 6.74. The van der Waals surface area contributed by atoms with Gasteiger partial charge in [0.25, 0.3) is 5.91 Å². The standard InChI is InChI=1S/C29H26F3N3O/c30-29(31,32)22-11-9-20(10-12-22)24-5-1-2-7-26(24)28(36)34-23-14-17-35(18-15-23)19-21-13-16-33-27-8-4-3-6-25(21)27/h1-13,16,23H,14-15,17-19H2,(H,34,36). The van der Waals surface area contributed by atoms with Gasteiger partial charge >= 0.3 is 6.18 Å². The number of carbonyl (C=O) groups excluding carboxylic acids is 1. The second kappa shape index (κ2) is 10.1. The van der Waals surface area contributed by atoms with Crippen LogP contribution in [0.5, 0.6) is 0 Å². The van der Waals surface area contributed by atoms with E-state index in [1.54, 1.807) is 24.3 Å². The number of hydrogen-bond donors (Lipinski definition) is 1. The lowest BCUT2D eigenvalue weighted by Crippen LogP contribution is -2.44. The van der Waals surface area contributed by atoms with Crippen molar-refractivity contribution in [3.63, 3.8) is 0 Å². The summed E-state index contributed by atoms with van der Waals surface area (Å²) in [7, 11) is 0. The first-order valence-corrected chi connectivity index (χ1v) is 12.0. The molecule has 1 amide bonds. The lowest BCUT2D eigenvalue weighted by molar-refractivity contribution is -0.137. The molecule has 1 N–H and O–H groups in total. The summed E-state index contributed by atoms with van der Waals surface area (Å²) < 4.78 is 38.8. The van der Waals surface area contributed by atoms with Gasteiger partial charge in [-0.25, -0.2) is 0 Å². The number of rotatable bonds is 5. The number of benzene rings is 3. The van der Waals surface area contributed by atoms with Gasteiger partial charge in [-0.1, -0.05) is 48.5 Å². The van der Waals surface area contributed by atoms with E-state index >= 15 is 0 Å². The predicted molar refractivity (Wildman–Crippen MR) is 134 cm³/mol. The van der Waals surface area contributed by atoms with Gasteiger partial charge in [0.1, 0.15) is 0 Å². The van der Waals surface area contributed by atoms with Crippen molar-refractivity contribution in [3.05, 3.63) is 102 Å². The quantitative estimate of drug-likeness (QED) is 0.357. The van der Waals surface area contributed by atoms with Crippen molar-refractivity contribution in [2.24, 2.45) is 0 Å². The van der Waals surface area contributed by atoms with Crippen LogP contribution in [-0.4, -0.2) is 34.9 Å². The van der Waals surface area contributed by atoms with Gasteiger partial charge in [-0.3, -0.25) is 14.7 Å². The van der Waals surface area contributed by atoms with E-state index in [0.717, 1.165) is 55.5 Å². The number of fused-ring (bicyclic) bond motifs is 1. The van der Waals surface area contributed by atoms with Crippen LogP contribution in [0.15, 0.2) is 85.1 Å². The van der Waals surface area contributed by atoms with Gasteiger partial charge in [0.15, 0.2) is 0 Å². The molecule has 3 aromatic carbocycles. The average Bonchev–Trinajstić information content (AvgIpc) is 2.89. The molecule has 5 rings (SSSR count). The van der Waals surface area contributed by atoms with E-state index in [0.29, 0.717) is 16.7 Å². The summed E-state index contributed by atoms with van der Waals surface area (Å²) in [6.07, 6.45) is -0.887. The lowest BCUT2D eigenvalue weighted by atomic mass is 9.97. The van der Waals surface area contributed by atoms with E-state index < -0.39 is 11.7 Å². The zero-order chi connectivity index (χ0) is 25.1. The summed E-state index contributed by atoms with van der Waals surface area (Å²) in [5, 5.41) is 4.30. The fraction of sp³-hybridized carbons (Fsp3) is 0.241. The van der Waals surface area contributed by atoms with Crippen LogP contribution in [-0.2, 0) is 12.7 Å². The summed E-state index contributed by atoms with van der Waals surface area (Å²) in [6, 6.07) is 22.2. The molecular formula is C29H26F3N3O. The fourth-order valence-corrected chi connectivity index (χ4v) is 4.80. The number of para-hydroxylation sites is 1. The summed E-state index contributed by atoms with van der Waals surface area (Å²) in [6.45, 7) is 2.56. The zero-order valence-electron chi connectivity index (χ0n) is 19.6. The minimum absolute atomic E-state index is 0.0450. The maximum absolute atomic E-state index is 13.1. The molecule has 0 radical (unpaired) electrons. The van der Waals surface area contributed by atoms with Crippen molar-refractivity contribution in [1.82, 2.24) is 15.2 Å². The third kappa shape index (κ3) is 5.26. The van der Waals surface area contributed by atoms with Crippen LogP contribution < -0.4 is 5.32 Å². The minimum Gasteiger partial charge on any atom is -0.349 e. The number of aromatic nitrogens is 1. The Bertz CT molecular complexity index is 1360. The molecular weight excluding hydrogens is 463 g/mol. The molecule has 0 atom stereocenters. The number of likely N-dealkylation sites (tertiary alicyclic amines) is 1. The maximum Gasteiger partial charge on any atom is 0.416 e. The van der Waals surface area contributed by atoms with E-state index in [9.17, 15) is 18.0 Å². The maximum atomic E-state index is 13.1. The number of pyridine rings is 1. The summed E-state index contributed by atoms with van der Waals surface area (Å²) in [5.41, 5.74) is 3.18. The van der Waals surface area contributed by atoms with Gasteiger partial charge in [-0.2, -0.15) is 13.2 Å². The highest BCUT2D eigenvalue weighted by molar-refractivity contribution is 6.01. The fourth-order valence-electron chi connectivity index (χ4n) is 4.80. The van der Waals surface area contributed by atoms with Gasteiger partial charge in [-0.05, 0) is 59.9 Å². The topological polar surface area (TPSA) is 45.2 Å². The van der Waals surface area contributed by atoms with Crippen molar-refractivity contribution in [2.75, 3.05) is 13.1 Å². The van der Waals surface area contributed by atoms with Gasteiger partial charge < -0.3 is 5.32 Å². The Hall–Kier alpha value is -3.71. The molecule has 1 aliphatic heterocycles. The molecule has 0 bridgehead atoms. The van der Waals surface area contributed by atoms with Gasteiger partial charge in [-0.15, -0.1) is 0 Å². The molecule has 4 aromatic rings. The highest BCUT2D eigenvalue weighted by Gasteiger charge is 2.30. The molecule has 4 nitrogen and oxygen atoms in total. The summed E-state index contributed by atoms with van der Waals surface area (Å²) >= 11 is 0. The molecule has 1 aliphatic rings. The summed E-state index contributed by atoms with van der Waals surface area (Å²) in [5.74, 6) is -0.205. The van der Waals surface area contributed by atoms with E-state index in [1.807, 2.05) is 24.4 Å². The SMILES string of the molecule is O=C(NC1CCN(Cc2ccnc3ccccc23)CC1)c1ccccc1-c1ccc(C(F)(F)F)cc1. The third-order valence-electron chi connectivity index (χ3n) is 6.75. The Morgan fingerprint density at radius 3 is 2.36 bits per heavy atom. The molecule has 0 aliphatic carbocycles. The van der Waals surface area contributed by atoms with Crippen LogP contribution in [0.1, 0.15) is 34.3 Å². The zero-order valence-corrected chi connectivity index (χ0v) is 19.6. The van der Waals surface area contributed by atoms with Crippen LogP contribution in [0.3, 0.4) is 0 Å². The molecule has 36 heavy (non-hydrogen) atoms. The van der Waals surface area contributed by atoms with Crippen LogP contribution in [0.2, 0.25) is 0 Å². The van der Waals surface area contributed by atoms with Crippen molar-refractivity contribution in [3.8, 4) is 11.1 Å². The van der Waals surface area contributed by atoms with Crippen molar-refractivity contribution < 1.29 is 18.0 Å². The number of nitrogens with zero attached hydrogens (tertiary/aromatic N) is 2. The highest BCUT2D eigenvalue weighted by Crippen LogP contribution is 2.32. The van der Waals surface area contributed by atoms with Gasteiger partial charge in [0.2, 0.25) is 0 Å². The van der Waals surface area contributed by atoms with Gasteiger partial charge in [0.05, 0.1) is 11.1 Å². The molecule has 1 saturated heterocycles. The number of piperidine rings is 1. The smallest absolute Gasteiger partial charge is 0.349 e. The Morgan fingerprint density at radius 1 is 0.917 bits per heavy atom. The first-order chi connectivity index (χ1) is 17.4. The normalized spacial score (nSPS) is 15.2. The monoisotopic (exact) mass is 489 g/mol. The van der Waals surface area contributed by atoms with E-state index in [2.05, 4.69) is 27.3 Å². The van der Waals surface area contributed by atoms with Crippen LogP contribution in [0.4, 0.5) is 13.2 Å². The van der Waals surface area contributed by atoms with E-state index in [4.69, 9.17) is 0 Å². The molecule has 0 spiro atoms. The van der Waals surface area contributed by atoms with E-state index in [-0.39, 0.29) is 11.9 Å². The largest absolute Gasteiger partial charge is 0.416 e. The molecule has 2 heterocycles. The number of amides is 1. The number of alkyl halides is 3. The molecule has 1 fully saturated rings. The third-order valence-corrected chi connectivity index (χ3v) is 6.75. The predicted octanol–water partition coefficient (Wildman–Crippen LogP) is 6.32. The van der Waals surface area contributed by atoms with Crippen LogP contribution >= 0.6 is 0 Å². The molecule has 0 unspecified atom stereocenters. The van der Waals surface area contributed by atoms with Crippen LogP contribution in [0, 0.1) is 0 Å².